The third-order valence-electron chi connectivity index (χ3n) is 2.69. The zero-order chi connectivity index (χ0) is 13.8. The second kappa shape index (κ2) is 6.31. The number of hydrogen-bond donors (Lipinski definition) is 2. The molecule has 0 fully saturated rings. The van der Waals surface area contributed by atoms with Gasteiger partial charge in [-0.2, -0.15) is 5.10 Å². The van der Waals surface area contributed by atoms with E-state index < -0.39 is 0 Å². The summed E-state index contributed by atoms with van der Waals surface area (Å²) >= 11 is 0. The first-order chi connectivity index (χ1) is 8.35. The Labute approximate surface area is 110 Å². The molecule has 1 unspecified atom stereocenters. The monoisotopic (exact) mass is 254 g/mol. The second-order valence-electron chi connectivity index (χ2n) is 5.58. The van der Waals surface area contributed by atoms with Gasteiger partial charge in [-0.25, -0.2) is 0 Å². The topological polar surface area (TPSA) is 65.1 Å². The van der Waals surface area contributed by atoms with Gasteiger partial charge in [-0.3, -0.25) is 16.0 Å². The van der Waals surface area contributed by atoms with E-state index in [9.17, 15) is 0 Å². The van der Waals surface area contributed by atoms with E-state index in [1.807, 2.05) is 32.4 Å². The van der Waals surface area contributed by atoms with E-state index in [-0.39, 0.29) is 11.6 Å². The van der Waals surface area contributed by atoms with Crippen LogP contribution in [0.15, 0.2) is 6.07 Å². The lowest BCUT2D eigenvalue weighted by Gasteiger charge is -2.24. The van der Waals surface area contributed by atoms with Crippen LogP contribution in [-0.2, 0) is 17.7 Å². The number of nitrogens with one attached hydrogen (secondary N) is 1. The molecule has 1 rings (SSSR count). The van der Waals surface area contributed by atoms with E-state index in [2.05, 4.69) is 23.5 Å². The van der Waals surface area contributed by atoms with Crippen LogP contribution < -0.4 is 11.3 Å². The zero-order valence-electron chi connectivity index (χ0n) is 12.2. The number of rotatable bonds is 6. The summed E-state index contributed by atoms with van der Waals surface area (Å²) in [5, 5.41) is 4.43. The third-order valence-corrected chi connectivity index (χ3v) is 2.69. The van der Waals surface area contributed by atoms with Crippen LogP contribution in [0.2, 0.25) is 0 Å². The van der Waals surface area contributed by atoms with Gasteiger partial charge in [0.15, 0.2) is 0 Å². The van der Waals surface area contributed by atoms with Crippen molar-refractivity contribution in [3.63, 3.8) is 0 Å². The second-order valence-corrected chi connectivity index (χ2v) is 5.58. The van der Waals surface area contributed by atoms with Crippen molar-refractivity contribution in [2.45, 2.75) is 59.2 Å². The molecule has 104 valence electrons. The molecule has 0 bridgehead atoms. The number of ether oxygens (including phenoxy) is 1. The quantitative estimate of drug-likeness (QED) is 0.595. The molecule has 1 aromatic heterocycles. The molecule has 3 N–H and O–H groups in total. The number of aryl methyl sites for hydroxylation is 2. The van der Waals surface area contributed by atoms with Gasteiger partial charge in [0, 0.05) is 24.7 Å². The van der Waals surface area contributed by atoms with Gasteiger partial charge in [-0.15, -0.1) is 0 Å². The molecule has 1 heterocycles. The van der Waals surface area contributed by atoms with Crippen LogP contribution in [0.4, 0.5) is 0 Å². The summed E-state index contributed by atoms with van der Waals surface area (Å²) in [7, 11) is 0. The first-order valence-corrected chi connectivity index (χ1v) is 6.49. The molecule has 1 atom stereocenters. The fourth-order valence-electron chi connectivity index (χ4n) is 1.81. The maximum atomic E-state index is 5.76. The summed E-state index contributed by atoms with van der Waals surface area (Å²) in [6, 6.07) is 2.20. The van der Waals surface area contributed by atoms with Gasteiger partial charge in [0.1, 0.15) is 0 Å². The van der Waals surface area contributed by atoms with Gasteiger partial charge < -0.3 is 4.74 Å². The van der Waals surface area contributed by atoms with Crippen molar-refractivity contribution in [2.75, 3.05) is 6.61 Å². The highest BCUT2D eigenvalue weighted by atomic mass is 16.5. The average molecular weight is 254 g/mol. The molecular formula is C13H26N4O. The highest BCUT2D eigenvalue weighted by molar-refractivity contribution is 5.10. The summed E-state index contributed by atoms with van der Waals surface area (Å²) in [6.07, 6.45) is 0.821. The molecule has 5 heteroatoms. The van der Waals surface area contributed by atoms with Crippen LogP contribution in [-0.4, -0.2) is 28.0 Å². The maximum Gasteiger partial charge on any atom is 0.0644 e. The standard InChI is InChI=1S/C13H26N4O/c1-6-17-12(7-10(2)16-17)8-11(15-14)9-18-13(3,4)5/h7,11,15H,6,8-9,14H2,1-5H3. The lowest BCUT2D eigenvalue weighted by molar-refractivity contribution is -0.0145. The first-order valence-electron chi connectivity index (χ1n) is 6.49. The zero-order valence-corrected chi connectivity index (χ0v) is 12.2. The van der Waals surface area contributed by atoms with E-state index in [1.54, 1.807) is 0 Å². The molecule has 0 aliphatic rings. The number of hydrogen-bond acceptors (Lipinski definition) is 4. The maximum absolute atomic E-state index is 5.76. The number of aromatic nitrogens is 2. The van der Waals surface area contributed by atoms with Crippen molar-refractivity contribution in [3.8, 4) is 0 Å². The lowest BCUT2D eigenvalue weighted by atomic mass is 10.1. The fraction of sp³-hybridized carbons (Fsp3) is 0.769. The SMILES string of the molecule is CCn1nc(C)cc1CC(COC(C)(C)C)NN. The van der Waals surface area contributed by atoms with Crippen molar-refractivity contribution >= 4 is 0 Å². The van der Waals surface area contributed by atoms with Crippen molar-refractivity contribution in [1.29, 1.82) is 0 Å². The molecule has 0 spiro atoms. The minimum Gasteiger partial charge on any atom is -0.374 e. The molecule has 18 heavy (non-hydrogen) atoms. The normalized spacial score (nSPS) is 13.9. The summed E-state index contributed by atoms with van der Waals surface area (Å²) in [5.41, 5.74) is 4.91. The van der Waals surface area contributed by atoms with E-state index in [0.29, 0.717) is 6.61 Å². The van der Waals surface area contributed by atoms with Gasteiger partial charge in [-0.05, 0) is 40.7 Å². The average Bonchev–Trinajstić information content (AvgIpc) is 2.63. The van der Waals surface area contributed by atoms with Gasteiger partial charge in [-0.1, -0.05) is 0 Å². The van der Waals surface area contributed by atoms with Crippen LogP contribution in [0.3, 0.4) is 0 Å². The number of hydrazine groups is 1. The van der Waals surface area contributed by atoms with Gasteiger partial charge in [0.05, 0.1) is 17.9 Å². The number of nitrogens with two attached hydrogens (primary N) is 1. The molecule has 0 aliphatic carbocycles. The molecule has 1 aromatic rings. The minimum absolute atomic E-state index is 0.102. The van der Waals surface area contributed by atoms with Gasteiger partial charge in [0.25, 0.3) is 0 Å². The van der Waals surface area contributed by atoms with Crippen molar-refractivity contribution in [2.24, 2.45) is 5.84 Å². The minimum atomic E-state index is -0.143. The Bertz CT molecular complexity index is 368. The Balaban J connectivity index is 2.62. The Morgan fingerprint density at radius 1 is 1.50 bits per heavy atom. The van der Waals surface area contributed by atoms with Crippen LogP contribution in [0, 0.1) is 6.92 Å². The Morgan fingerprint density at radius 3 is 2.67 bits per heavy atom. The van der Waals surface area contributed by atoms with E-state index in [1.165, 1.54) is 5.69 Å². The molecule has 0 saturated heterocycles. The summed E-state index contributed by atoms with van der Waals surface area (Å²) < 4.78 is 7.77. The third kappa shape index (κ3) is 4.76. The molecule has 5 nitrogen and oxygen atoms in total. The highest BCUT2D eigenvalue weighted by Gasteiger charge is 2.16. The number of nitrogens with zero attached hydrogens (tertiary/aromatic N) is 2. The molecule has 0 aliphatic heterocycles. The van der Waals surface area contributed by atoms with Crippen molar-refractivity contribution in [3.05, 3.63) is 17.5 Å². The molecule has 0 aromatic carbocycles. The van der Waals surface area contributed by atoms with Crippen LogP contribution in [0.5, 0.6) is 0 Å². The van der Waals surface area contributed by atoms with Gasteiger partial charge >= 0.3 is 0 Å². The van der Waals surface area contributed by atoms with Crippen LogP contribution in [0.25, 0.3) is 0 Å². The fourth-order valence-corrected chi connectivity index (χ4v) is 1.81. The molecule has 0 amide bonds. The van der Waals surface area contributed by atoms with Crippen molar-refractivity contribution < 1.29 is 4.74 Å². The molecular weight excluding hydrogens is 228 g/mol. The van der Waals surface area contributed by atoms with Gasteiger partial charge in [0.2, 0.25) is 0 Å². The Kier molecular flexibility index (Phi) is 5.31. The predicted molar refractivity (Wildman–Crippen MR) is 73.2 cm³/mol. The van der Waals surface area contributed by atoms with Crippen LogP contribution >= 0.6 is 0 Å². The highest BCUT2D eigenvalue weighted by Crippen LogP contribution is 2.11. The summed E-state index contributed by atoms with van der Waals surface area (Å²) in [6.45, 7) is 11.7. The molecule has 0 saturated carbocycles. The Hall–Kier alpha value is -0.910. The largest absolute Gasteiger partial charge is 0.374 e. The summed E-state index contributed by atoms with van der Waals surface area (Å²) in [4.78, 5) is 0. The van der Waals surface area contributed by atoms with Crippen molar-refractivity contribution in [1.82, 2.24) is 15.2 Å². The predicted octanol–water partition coefficient (Wildman–Crippen LogP) is 1.40. The van der Waals surface area contributed by atoms with Crippen LogP contribution in [0.1, 0.15) is 39.1 Å². The lowest BCUT2D eigenvalue weighted by Crippen LogP contribution is -2.42. The van der Waals surface area contributed by atoms with E-state index in [4.69, 9.17) is 10.6 Å². The van der Waals surface area contributed by atoms with E-state index >= 15 is 0 Å². The first kappa shape index (κ1) is 15.1. The molecule has 0 radical (unpaired) electrons. The summed E-state index contributed by atoms with van der Waals surface area (Å²) in [5.74, 6) is 5.59. The smallest absolute Gasteiger partial charge is 0.0644 e. The Morgan fingerprint density at radius 2 is 2.17 bits per heavy atom. The van der Waals surface area contributed by atoms with E-state index in [0.717, 1.165) is 18.7 Å².